The van der Waals surface area contributed by atoms with E-state index in [1.54, 1.807) is 6.07 Å². The van der Waals surface area contributed by atoms with Crippen molar-refractivity contribution in [1.29, 1.82) is 0 Å². The highest BCUT2D eigenvalue weighted by Crippen LogP contribution is 2.31. The lowest BCUT2D eigenvalue weighted by molar-refractivity contribution is -0.142. The van der Waals surface area contributed by atoms with E-state index < -0.39 is 0 Å². The minimum atomic E-state index is -0.131. The molecule has 0 radical (unpaired) electrons. The van der Waals surface area contributed by atoms with Crippen LogP contribution in [0.15, 0.2) is 18.2 Å². The molecule has 0 aromatic heterocycles. The van der Waals surface area contributed by atoms with Crippen molar-refractivity contribution in [1.82, 2.24) is 0 Å². The molecule has 0 saturated heterocycles. The third-order valence-electron chi connectivity index (χ3n) is 7.12. The average molecular weight is 535 g/mol. The van der Waals surface area contributed by atoms with E-state index in [4.69, 9.17) is 4.74 Å². The molecule has 0 aliphatic carbocycles. The first kappa shape index (κ1) is 33.9. The van der Waals surface area contributed by atoms with Crippen molar-refractivity contribution in [3.05, 3.63) is 29.3 Å². The molecule has 0 aliphatic rings. The summed E-state index contributed by atoms with van der Waals surface area (Å²) < 4.78 is 5.41. The molecule has 37 heavy (non-hydrogen) atoms. The van der Waals surface area contributed by atoms with Gasteiger partial charge in [-0.15, -0.1) is 0 Å². The molecule has 1 aromatic rings. The summed E-state index contributed by atoms with van der Waals surface area (Å²) in [5, 5.41) is 10.1. The van der Waals surface area contributed by atoms with Gasteiger partial charge < -0.3 is 9.84 Å². The molecular weight excluding hydrogens is 476 g/mol. The maximum Gasteiger partial charge on any atom is 0.306 e. The number of phenols is 1. The lowest BCUT2D eigenvalue weighted by Gasteiger charge is -2.21. The fraction of sp³-hybridized carbons (Fsp3) is 0.788. The molecule has 1 aromatic carbocycles. The molecule has 0 fully saturated rings. The van der Waals surface area contributed by atoms with Crippen molar-refractivity contribution < 1.29 is 14.6 Å². The van der Waals surface area contributed by atoms with Crippen molar-refractivity contribution in [2.24, 2.45) is 0 Å². The Labute approximate surface area is 233 Å². The lowest BCUT2D eigenvalue weighted by atomic mass is 9.85. The van der Waals surface area contributed by atoms with E-state index in [1.165, 1.54) is 108 Å². The first-order valence-corrected chi connectivity index (χ1v) is 16.6. The van der Waals surface area contributed by atoms with E-state index in [9.17, 15) is 9.90 Å². The second-order valence-electron chi connectivity index (χ2n) is 11.7. The molecule has 1 rings (SSSR count). The van der Waals surface area contributed by atoms with Crippen LogP contribution in [0.25, 0.3) is 0 Å². The standard InChI is InChI=1S/C33H58O3S/c1-5-6-7-8-9-10-11-12-13-14-15-16-17-18-19-20-26-37-27-25-36-32(35)24-22-29-21-23-31(34)30(28-29)33(2,3)4/h21,23,28,34H,5-20,22,24-27H2,1-4H3. The van der Waals surface area contributed by atoms with E-state index in [0.717, 1.165) is 16.9 Å². The van der Waals surface area contributed by atoms with Gasteiger partial charge >= 0.3 is 5.97 Å². The van der Waals surface area contributed by atoms with Crippen LogP contribution in [0.5, 0.6) is 5.75 Å². The molecule has 0 spiro atoms. The second-order valence-corrected chi connectivity index (χ2v) is 13.0. The van der Waals surface area contributed by atoms with Gasteiger partial charge in [0.05, 0.1) is 0 Å². The number of hydrogen-bond acceptors (Lipinski definition) is 4. The molecular formula is C33H58O3S. The van der Waals surface area contributed by atoms with Gasteiger partial charge in [0.25, 0.3) is 0 Å². The van der Waals surface area contributed by atoms with Gasteiger partial charge in [-0.05, 0) is 41.2 Å². The van der Waals surface area contributed by atoms with Gasteiger partial charge in [-0.3, -0.25) is 4.79 Å². The van der Waals surface area contributed by atoms with E-state index in [-0.39, 0.29) is 11.4 Å². The zero-order valence-electron chi connectivity index (χ0n) is 24.8. The summed E-state index contributed by atoms with van der Waals surface area (Å²) in [6.07, 6.45) is 23.5. The van der Waals surface area contributed by atoms with E-state index in [0.29, 0.717) is 25.2 Å². The number of aromatic hydroxyl groups is 1. The van der Waals surface area contributed by atoms with Crippen molar-refractivity contribution in [2.75, 3.05) is 18.1 Å². The molecule has 1 N–H and O–H groups in total. The van der Waals surface area contributed by atoms with Crippen LogP contribution in [0, 0.1) is 0 Å². The Bertz CT molecular complexity index is 695. The third-order valence-corrected chi connectivity index (χ3v) is 8.15. The number of benzene rings is 1. The molecule has 0 heterocycles. The molecule has 0 atom stereocenters. The largest absolute Gasteiger partial charge is 0.508 e. The van der Waals surface area contributed by atoms with E-state index in [2.05, 4.69) is 27.7 Å². The number of rotatable bonds is 23. The lowest BCUT2D eigenvalue weighted by Crippen LogP contribution is -2.12. The first-order valence-electron chi connectivity index (χ1n) is 15.4. The number of unbranched alkanes of at least 4 members (excludes halogenated alkanes) is 15. The minimum absolute atomic E-state index is 0.121. The maximum atomic E-state index is 12.1. The number of esters is 1. The Morgan fingerprint density at radius 3 is 1.81 bits per heavy atom. The fourth-order valence-electron chi connectivity index (χ4n) is 4.73. The summed E-state index contributed by atoms with van der Waals surface area (Å²) in [6.45, 7) is 9.03. The summed E-state index contributed by atoms with van der Waals surface area (Å²) in [5.41, 5.74) is 1.87. The number of phenolic OH excluding ortho intramolecular Hbond substituents is 1. The molecule has 214 valence electrons. The zero-order valence-corrected chi connectivity index (χ0v) is 25.6. The molecule has 3 nitrogen and oxygen atoms in total. The SMILES string of the molecule is CCCCCCCCCCCCCCCCCCSCCOC(=O)CCc1ccc(O)c(C(C)(C)C)c1. The predicted octanol–water partition coefficient (Wildman–Crippen LogP) is 10.2. The van der Waals surface area contributed by atoms with Crippen LogP contribution in [-0.4, -0.2) is 29.2 Å². The van der Waals surface area contributed by atoms with Crippen molar-refractivity contribution in [2.45, 2.75) is 149 Å². The summed E-state index contributed by atoms with van der Waals surface area (Å²) >= 11 is 1.90. The number of ether oxygens (including phenoxy) is 1. The van der Waals surface area contributed by atoms with Crippen LogP contribution in [-0.2, 0) is 21.4 Å². The maximum absolute atomic E-state index is 12.1. The minimum Gasteiger partial charge on any atom is -0.508 e. The van der Waals surface area contributed by atoms with Crippen molar-refractivity contribution in [3.63, 3.8) is 0 Å². The normalized spacial score (nSPS) is 11.7. The Morgan fingerprint density at radius 2 is 1.30 bits per heavy atom. The van der Waals surface area contributed by atoms with Crippen LogP contribution in [0.3, 0.4) is 0 Å². The van der Waals surface area contributed by atoms with E-state index >= 15 is 0 Å². The third kappa shape index (κ3) is 18.7. The molecule has 0 saturated carbocycles. The highest BCUT2D eigenvalue weighted by molar-refractivity contribution is 7.99. The number of thioether (sulfide) groups is 1. The summed E-state index contributed by atoms with van der Waals surface area (Å²) in [4.78, 5) is 12.1. The Morgan fingerprint density at radius 1 is 0.784 bits per heavy atom. The van der Waals surface area contributed by atoms with Crippen LogP contribution < -0.4 is 0 Å². The van der Waals surface area contributed by atoms with Gasteiger partial charge in [-0.25, -0.2) is 0 Å². The molecule has 0 amide bonds. The highest BCUT2D eigenvalue weighted by atomic mass is 32.2. The Kier molecular flexibility index (Phi) is 19.9. The Balaban J connectivity index is 1.86. The predicted molar refractivity (Wildman–Crippen MR) is 163 cm³/mol. The summed E-state index contributed by atoms with van der Waals surface area (Å²) in [7, 11) is 0. The zero-order chi connectivity index (χ0) is 27.2. The quantitative estimate of drug-likeness (QED) is 0.112. The number of aryl methyl sites for hydroxylation is 1. The van der Waals surface area contributed by atoms with Gasteiger partial charge in [0.1, 0.15) is 12.4 Å². The van der Waals surface area contributed by atoms with Gasteiger partial charge in [0.15, 0.2) is 0 Å². The summed E-state index contributed by atoms with van der Waals surface area (Å²) in [6, 6.07) is 5.64. The van der Waals surface area contributed by atoms with Crippen LogP contribution in [0.2, 0.25) is 0 Å². The van der Waals surface area contributed by atoms with Crippen LogP contribution in [0.1, 0.15) is 148 Å². The molecule has 0 unspecified atom stereocenters. The fourth-order valence-corrected chi connectivity index (χ4v) is 5.54. The second kappa shape index (κ2) is 21.7. The first-order chi connectivity index (χ1) is 17.8. The van der Waals surface area contributed by atoms with Gasteiger partial charge in [0, 0.05) is 12.2 Å². The topological polar surface area (TPSA) is 46.5 Å². The Hall–Kier alpha value is -1.16. The monoisotopic (exact) mass is 534 g/mol. The smallest absolute Gasteiger partial charge is 0.306 e. The van der Waals surface area contributed by atoms with E-state index in [1.807, 2.05) is 23.9 Å². The van der Waals surface area contributed by atoms with Crippen LogP contribution >= 0.6 is 11.8 Å². The molecule has 0 bridgehead atoms. The van der Waals surface area contributed by atoms with Crippen molar-refractivity contribution in [3.8, 4) is 5.75 Å². The highest BCUT2D eigenvalue weighted by Gasteiger charge is 2.18. The van der Waals surface area contributed by atoms with Gasteiger partial charge in [0.2, 0.25) is 0 Å². The van der Waals surface area contributed by atoms with Gasteiger partial charge in [-0.2, -0.15) is 11.8 Å². The van der Waals surface area contributed by atoms with Gasteiger partial charge in [-0.1, -0.05) is 136 Å². The van der Waals surface area contributed by atoms with Crippen LogP contribution in [0.4, 0.5) is 0 Å². The number of hydrogen-bond donors (Lipinski definition) is 1. The average Bonchev–Trinajstić information content (AvgIpc) is 2.86. The van der Waals surface area contributed by atoms with Crippen molar-refractivity contribution >= 4 is 17.7 Å². The molecule has 4 heteroatoms. The number of carbonyl (C=O) groups is 1. The number of carbonyl (C=O) groups excluding carboxylic acids is 1. The molecule has 0 aliphatic heterocycles. The summed E-state index contributed by atoms with van der Waals surface area (Å²) in [5.74, 6) is 2.24.